The van der Waals surface area contributed by atoms with Crippen LogP contribution in [0.3, 0.4) is 0 Å². The van der Waals surface area contributed by atoms with Gasteiger partial charge in [-0.05, 0) is 78.1 Å². The Bertz CT molecular complexity index is 1620. The summed E-state index contributed by atoms with van der Waals surface area (Å²) in [6.07, 6.45) is 3.29. The summed E-state index contributed by atoms with van der Waals surface area (Å²) in [5.74, 6) is 0.615. The first-order valence-electron chi connectivity index (χ1n) is 11.3. The van der Waals surface area contributed by atoms with Crippen LogP contribution in [0.15, 0.2) is 88.3 Å². The summed E-state index contributed by atoms with van der Waals surface area (Å²) in [5.41, 5.74) is 3.39. The number of aliphatic imine (C=N–C) groups is 1. The van der Waals surface area contributed by atoms with Crippen molar-refractivity contribution in [2.75, 3.05) is 0 Å². The summed E-state index contributed by atoms with van der Waals surface area (Å²) in [7, 11) is 0. The first-order chi connectivity index (χ1) is 16.9. The van der Waals surface area contributed by atoms with Crippen molar-refractivity contribution in [2.24, 2.45) is 4.99 Å². The Morgan fingerprint density at radius 2 is 1.94 bits per heavy atom. The van der Waals surface area contributed by atoms with E-state index in [0.717, 1.165) is 16.5 Å². The van der Waals surface area contributed by atoms with E-state index in [0.29, 0.717) is 39.1 Å². The second kappa shape index (κ2) is 8.71. The summed E-state index contributed by atoms with van der Waals surface area (Å²) in [6, 6.07) is 22.1. The van der Waals surface area contributed by atoms with Gasteiger partial charge >= 0.3 is 0 Å². The van der Waals surface area contributed by atoms with Crippen molar-refractivity contribution in [1.82, 2.24) is 4.98 Å². The molecule has 0 spiro atoms. The van der Waals surface area contributed by atoms with Gasteiger partial charge in [-0.25, -0.2) is 0 Å². The summed E-state index contributed by atoms with van der Waals surface area (Å²) in [6.45, 7) is 3.77. The second-order valence-corrected chi connectivity index (χ2v) is 8.54. The minimum atomic E-state index is -1.54. The molecule has 1 aliphatic rings. The highest BCUT2D eigenvalue weighted by atomic mass is 16.5. The zero-order valence-electron chi connectivity index (χ0n) is 19.4. The summed E-state index contributed by atoms with van der Waals surface area (Å²) in [5, 5.41) is 22.8. The lowest BCUT2D eigenvalue weighted by Crippen LogP contribution is -2.29. The Labute approximate surface area is 202 Å². The molecule has 6 nitrogen and oxygen atoms in total. The molecule has 1 atom stereocenters. The number of nitrogens with one attached hydrogen (secondary N) is 1. The van der Waals surface area contributed by atoms with Gasteiger partial charge in [0.1, 0.15) is 18.0 Å². The predicted molar refractivity (Wildman–Crippen MR) is 136 cm³/mol. The van der Waals surface area contributed by atoms with Gasteiger partial charge in [-0.15, -0.1) is 0 Å². The number of rotatable bonds is 2. The first kappa shape index (κ1) is 22.3. The van der Waals surface area contributed by atoms with Crippen LogP contribution in [0.1, 0.15) is 36.1 Å². The standard InChI is InChI=1S/C29H23N3O3/c1-3-31-16-18(2)29(34)22-8-7-20(15-30)21(11-22)17-35-24-6-4-5-19(12-24)25-14-28(33)32-27-10-9-23(29)13-26(25)27/h3-14,16,34H,17H2,1-2H3,(H,32,33)/b18-16+,31-3?. The SMILES string of the molecule is CC=N/C=C(\C)C1(O)c2ccc(C#N)c(c2)COc2cccc(c2)-c2cc(=O)[nH]c3ccc1cc23. The van der Waals surface area contributed by atoms with Gasteiger partial charge in [0.15, 0.2) is 0 Å². The Morgan fingerprint density at radius 1 is 1.14 bits per heavy atom. The van der Waals surface area contributed by atoms with Crippen LogP contribution in [0.5, 0.6) is 5.75 Å². The van der Waals surface area contributed by atoms with E-state index in [1.165, 1.54) is 0 Å². The van der Waals surface area contributed by atoms with E-state index >= 15 is 0 Å². The Kier molecular flexibility index (Phi) is 5.56. The number of aromatic nitrogens is 1. The lowest BCUT2D eigenvalue weighted by molar-refractivity contribution is 0.120. The van der Waals surface area contributed by atoms with Crippen LogP contribution in [-0.2, 0) is 12.2 Å². The van der Waals surface area contributed by atoms with Gasteiger partial charge in [-0.2, -0.15) is 5.26 Å². The molecule has 0 saturated carbocycles. The fourth-order valence-corrected chi connectivity index (χ4v) is 4.58. The molecule has 35 heavy (non-hydrogen) atoms. The Hall–Kier alpha value is -4.47. The summed E-state index contributed by atoms with van der Waals surface area (Å²) in [4.78, 5) is 19.6. The highest BCUT2D eigenvalue weighted by Crippen LogP contribution is 2.40. The molecule has 4 aromatic rings. The van der Waals surface area contributed by atoms with Crippen molar-refractivity contribution in [3.63, 3.8) is 0 Å². The molecule has 0 aliphatic carbocycles. The van der Waals surface area contributed by atoms with Crippen molar-refractivity contribution in [3.8, 4) is 22.9 Å². The molecule has 0 fully saturated rings. The third-order valence-electron chi connectivity index (χ3n) is 6.43. The molecule has 6 heteroatoms. The van der Waals surface area contributed by atoms with E-state index in [-0.39, 0.29) is 12.2 Å². The minimum absolute atomic E-state index is 0.147. The van der Waals surface area contributed by atoms with E-state index in [9.17, 15) is 15.2 Å². The molecular weight excluding hydrogens is 438 g/mol. The van der Waals surface area contributed by atoms with Crippen LogP contribution in [0.25, 0.3) is 22.0 Å². The zero-order chi connectivity index (χ0) is 24.6. The van der Waals surface area contributed by atoms with Crippen LogP contribution in [0.2, 0.25) is 0 Å². The second-order valence-electron chi connectivity index (χ2n) is 8.54. The third kappa shape index (κ3) is 3.82. The molecule has 172 valence electrons. The number of nitriles is 1. The van der Waals surface area contributed by atoms with E-state index in [2.05, 4.69) is 16.0 Å². The highest BCUT2D eigenvalue weighted by molar-refractivity contribution is 5.95. The molecule has 0 saturated heterocycles. The van der Waals surface area contributed by atoms with E-state index in [1.54, 1.807) is 36.7 Å². The molecular formula is C29H23N3O3. The Balaban J connectivity index is 1.90. The molecule has 2 N–H and O–H groups in total. The fraction of sp³-hybridized carbons (Fsp3) is 0.138. The normalized spacial score (nSPS) is 17.4. The van der Waals surface area contributed by atoms with Crippen LogP contribution >= 0.6 is 0 Å². The maximum absolute atomic E-state index is 12.5. The number of aromatic amines is 1. The van der Waals surface area contributed by atoms with E-state index in [1.807, 2.05) is 56.3 Å². The van der Waals surface area contributed by atoms with Gasteiger partial charge < -0.3 is 14.8 Å². The summed E-state index contributed by atoms with van der Waals surface area (Å²) < 4.78 is 6.06. The van der Waals surface area contributed by atoms with Gasteiger partial charge in [0.2, 0.25) is 5.56 Å². The molecule has 3 aromatic carbocycles. The lowest BCUT2D eigenvalue weighted by atomic mass is 9.79. The van der Waals surface area contributed by atoms with E-state index in [4.69, 9.17) is 4.74 Å². The quantitative estimate of drug-likeness (QED) is 0.401. The largest absolute Gasteiger partial charge is 0.489 e. The number of hydrogen-bond donors (Lipinski definition) is 2. The minimum Gasteiger partial charge on any atom is -0.489 e. The monoisotopic (exact) mass is 461 g/mol. The number of pyridine rings is 1. The van der Waals surface area contributed by atoms with Crippen LogP contribution < -0.4 is 10.3 Å². The van der Waals surface area contributed by atoms with Crippen molar-refractivity contribution in [3.05, 3.63) is 111 Å². The summed E-state index contributed by atoms with van der Waals surface area (Å²) >= 11 is 0. The smallest absolute Gasteiger partial charge is 0.249 e. The predicted octanol–water partition coefficient (Wildman–Crippen LogP) is 5.19. The lowest BCUT2D eigenvalue weighted by Gasteiger charge is -2.31. The zero-order valence-corrected chi connectivity index (χ0v) is 19.4. The van der Waals surface area contributed by atoms with Gasteiger partial charge in [0, 0.05) is 34.9 Å². The van der Waals surface area contributed by atoms with Gasteiger partial charge in [0.25, 0.3) is 0 Å². The number of nitrogens with zero attached hydrogens (tertiary/aromatic N) is 2. The highest BCUT2D eigenvalue weighted by Gasteiger charge is 2.35. The number of H-pyrrole nitrogens is 1. The Morgan fingerprint density at radius 3 is 2.74 bits per heavy atom. The van der Waals surface area contributed by atoms with E-state index < -0.39 is 5.60 Å². The molecule has 1 aliphatic heterocycles. The van der Waals surface area contributed by atoms with Gasteiger partial charge in [0.05, 0.1) is 11.6 Å². The van der Waals surface area contributed by atoms with Crippen LogP contribution in [-0.4, -0.2) is 16.3 Å². The number of aliphatic hydroxyl groups is 1. The van der Waals surface area contributed by atoms with Crippen LogP contribution in [0.4, 0.5) is 0 Å². The van der Waals surface area contributed by atoms with Crippen LogP contribution in [0, 0.1) is 11.3 Å². The molecule has 0 radical (unpaired) electrons. The molecule has 0 amide bonds. The molecule has 2 heterocycles. The van der Waals surface area contributed by atoms with Gasteiger partial charge in [-0.3, -0.25) is 9.79 Å². The average molecular weight is 462 g/mol. The average Bonchev–Trinajstić information content (AvgIpc) is 2.89. The molecule has 6 bridgehead atoms. The van der Waals surface area contributed by atoms with Crippen molar-refractivity contribution >= 4 is 17.1 Å². The topological polar surface area (TPSA) is 98.5 Å². The van der Waals surface area contributed by atoms with Crippen molar-refractivity contribution in [2.45, 2.75) is 26.1 Å². The molecule has 1 aromatic heterocycles. The maximum atomic E-state index is 12.5. The molecule has 5 rings (SSSR count). The number of fused-ring (bicyclic) bond motifs is 6. The van der Waals surface area contributed by atoms with Crippen molar-refractivity contribution < 1.29 is 9.84 Å². The maximum Gasteiger partial charge on any atom is 0.249 e. The molecule has 1 unspecified atom stereocenters. The number of benzene rings is 3. The van der Waals surface area contributed by atoms with Gasteiger partial charge in [-0.1, -0.05) is 24.3 Å². The third-order valence-corrected chi connectivity index (χ3v) is 6.43. The number of hydrogen-bond acceptors (Lipinski definition) is 5. The first-order valence-corrected chi connectivity index (χ1v) is 11.3. The number of ether oxygens (including phenoxy) is 1. The van der Waals surface area contributed by atoms with Crippen molar-refractivity contribution in [1.29, 1.82) is 5.26 Å². The fourth-order valence-electron chi connectivity index (χ4n) is 4.58.